The van der Waals surface area contributed by atoms with Gasteiger partial charge < -0.3 is 20.4 Å². The Morgan fingerprint density at radius 1 is 1.05 bits per heavy atom. The van der Waals surface area contributed by atoms with Gasteiger partial charge in [-0.1, -0.05) is 6.07 Å². The van der Waals surface area contributed by atoms with Crippen molar-refractivity contribution < 1.29 is 9.59 Å². The van der Waals surface area contributed by atoms with E-state index >= 15 is 0 Å². The maximum Gasteiger partial charge on any atom is 0.322 e. The molecule has 6 nitrogen and oxygen atoms in total. The van der Waals surface area contributed by atoms with Gasteiger partial charge in [-0.15, -0.1) is 0 Å². The molecule has 2 N–H and O–H groups in total. The van der Waals surface area contributed by atoms with Crippen LogP contribution in [0.1, 0.15) is 19.4 Å². The largest absolute Gasteiger partial charge is 0.322 e. The average Bonchev–Trinajstić information content (AvgIpc) is 3.32. The van der Waals surface area contributed by atoms with Gasteiger partial charge in [-0.2, -0.15) is 0 Å². The van der Waals surface area contributed by atoms with Crippen molar-refractivity contribution in [3.8, 4) is 0 Å². The van der Waals surface area contributed by atoms with Gasteiger partial charge in [0.15, 0.2) is 0 Å². The van der Waals surface area contributed by atoms with E-state index in [2.05, 4.69) is 10.6 Å². The van der Waals surface area contributed by atoms with Crippen LogP contribution < -0.4 is 10.6 Å². The summed E-state index contributed by atoms with van der Waals surface area (Å²) in [5.74, 6) is 0. The van der Waals surface area contributed by atoms with Crippen molar-refractivity contribution in [2.45, 2.75) is 32.9 Å². The van der Waals surface area contributed by atoms with Crippen molar-refractivity contribution >= 4 is 23.4 Å². The van der Waals surface area contributed by atoms with Gasteiger partial charge in [0.25, 0.3) is 0 Å². The predicted molar refractivity (Wildman–Crippen MR) is 81.6 cm³/mol. The van der Waals surface area contributed by atoms with E-state index in [1.807, 2.05) is 32.9 Å². The lowest BCUT2D eigenvalue weighted by molar-refractivity contribution is 0.239. The third-order valence-corrected chi connectivity index (χ3v) is 3.97. The lowest BCUT2D eigenvalue weighted by Crippen LogP contribution is -2.22. The third-order valence-electron chi connectivity index (χ3n) is 3.97. The molecular formula is C15H20N4O2. The molecule has 112 valence electrons. The molecular weight excluding hydrogens is 268 g/mol. The van der Waals surface area contributed by atoms with Gasteiger partial charge in [-0.3, -0.25) is 0 Å². The summed E-state index contributed by atoms with van der Waals surface area (Å²) < 4.78 is 0. The first kappa shape index (κ1) is 13.7. The number of nitrogens with zero attached hydrogens (tertiary/aromatic N) is 2. The molecule has 4 amide bonds. The lowest BCUT2D eigenvalue weighted by Gasteiger charge is -2.12. The van der Waals surface area contributed by atoms with Crippen molar-refractivity contribution in [2.75, 3.05) is 23.7 Å². The minimum atomic E-state index is -0.0943. The molecule has 0 aliphatic carbocycles. The molecule has 2 fully saturated rings. The number of nitrogens with one attached hydrogen (secondary N) is 2. The fourth-order valence-electron chi connectivity index (χ4n) is 2.26. The number of aryl methyl sites for hydroxylation is 1. The Kier molecular flexibility index (Phi) is 3.23. The minimum Gasteiger partial charge on any atom is -0.318 e. The second-order valence-electron chi connectivity index (χ2n) is 5.89. The van der Waals surface area contributed by atoms with E-state index in [9.17, 15) is 9.59 Å². The van der Waals surface area contributed by atoms with E-state index in [1.54, 1.807) is 15.9 Å². The van der Waals surface area contributed by atoms with Gasteiger partial charge in [0, 0.05) is 36.5 Å². The van der Waals surface area contributed by atoms with Crippen LogP contribution in [0.3, 0.4) is 0 Å². The SMILES string of the molecule is Cc1ccc(NC(=O)N2C[C@@H]2C)cc1NC(=O)N1C[C@H]1C. The first-order chi connectivity index (χ1) is 9.95. The highest BCUT2D eigenvalue weighted by Crippen LogP contribution is 2.25. The highest BCUT2D eigenvalue weighted by atomic mass is 16.2. The molecule has 1 aromatic carbocycles. The normalized spacial score (nSPS) is 22.8. The summed E-state index contributed by atoms with van der Waals surface area (Å²) in [4.78, 5) is 27.3. The molecule has 0 unspecified atom stereocenters. The summed E-state index contributed by atoms with van der Waals surface area (Å²) in [6.45, 7) is 7.54. The quantitative estimate of drug-likeness (QED) is 0.821. The van der Waals surface area contributed by atoms with E-state index in [1.165, 1.54) is 0 Å². The Hall–Kier alpha value is -2.24. The highest BCUT2D eigenvalue weighted by molar-refractivity contribution is 5.95. The smallest absolute Gasteiger partial charge is 0.318 e. The van der Waals surface area contributed by atoms with Gasteiger partial charge in [0.2, 0.25) is 0 Å². The Morgan fingerprint density at radius 2 is 1.57 bits per heavy atom. The summed E-state index contributed by atoms with van der Waals surface area (Å²) in [5.41, 5.74) is 2.39. The number of carbonyl (C=O) groups is 2. The van der Waals surface area contributed by atoms with Crippen molar-refractivity contribution in [1.29, 1.82) is 0 Å². The standard InChI is InChI=1S/C15H20N4O2/c1-9-4-5-12(16-14(20)18-7-10(18)2)6-13(9)17-15(21)19-8-11(19)3/h4-6,10-11H,7-8H2,1-3H3,(H,16,20)(H,17,21)/t10-,11+,18?,19?/m0/s1. The van der Waals surface area contributed by atoms with Crippen LogP contribution in [-0.4, -0.2) is 47.0 Å². The lowest BCUT2D eigenvalue weighted by atomic mass is 10.2. The molecule has 0 spiro atoms. The first-order valence-corrected chi connectivity index (χ1v) is 7.21. The number of anilines is 2. The van der Waals surface area contributed by atoms with E-state index in [0.29, 0.717) is 17.8 Å². The molecule has 1 aromatic rings. The van der Waals surface area contributed by atoms with E-state index in [4.69, 9.17) is 0 Å². The first-order valence-electron chi connectivity index (χ1n) is 7.21. The molecule has 2 aliphatic rings. The molecule has 2 atom stereocenters. The number of amides is 4. The van der Waals surface area contributed by atoms with Crippen LogP contribution in [0.2, 0.25) is 0 Å². The Bertz CT molecular complexity index is 601. The Morgan fingerprint density at radius 3 is 2.10 bits per heavy atom. The van der Waals surface area contributed by atoms with Crippen LogP contribution in [0, 0.1) is 6.92 Å². The number of benzene rings is 1. The number of hydrogen-bond donors (Lipinski definition) is 2. The number of rotatable bonds is 2. The zero-order valence-electron chi connectivity index (χ0n) is 12.5. The molecule has 21 heavy (non-hydrogen) atoms. The van der Waals surface area contributed by atoms with Gasteiger partial charge in [-0.05, 0) is 38.5 Å². The van der Waals surface area contributed by atoms with Crippen LogP contribution in [0.15, 0.2) is 18.2 Å². The maximum atomic E-state index is 12.0. The molecule has 3 rings (SSSR count). The van der Waals surface area contributed by atoms with E-state index < -0.39 is 0 Å². The Labute approximate surface area is 124 Å². The van der Waals surface area contributed by atoms with Crippen LogP contribution in [0.4, 0.5) is 21.0 Å². The average molecular weight is 288 g/mol. The molecule has 0 bridgehead atoms. The summed E-state index contributed by atoms with van der Waals surface area (Å²) in [6, 6.07) is 5.99. The number of urea groups is 2. The maximum absolute atomic E-state index is 12.0. The molecule has 0 saturated carbocycles. The summed E-state index contributed by atoms with van der Waals surface area (Å²) in [5, 5.41) is 5.74. The number of carbonyl (C=O) groups excluding carboxylic acids is 2. The summed E-state index contributed by atoms with van der Waals surface area (Å²) in [7, 11) is 0. The molecule has 2 aliphatic heterocycles. The van der Waals surface area contributed by atoms with Crippen molar-refractivity contribution in [3.05, 3.63) is 23.8 Å². The zero-order valence-corrected chi connectivity index (χ0v) is 12.5. The second-order valence-corrected chi connectivity index (χ2v) is 5.89. The Balaban J connectivity index is 1.67. The monoisotopic (exact) mass is 288 g/mol. The minimum absolute atomic E-state index is 0.0892. The fourth-order valence-corrected chi connectivity index (χ4v) is 2.26. The highest BCUT2D eigenvalue weighted by Gasteiger charge is 2.35. The van der Waals surface area contributed by atoms with Crippen molar-refractivity contribution in [1.82, 2.24) is 9.80 Å². The molecule has 2 heterocycles. The fraction of sp³-hybridized carbons (Fsp3) is 0.467. The summed E-state index contributed by atoms with van der Waals surface area (Å²) >= 11 is 0. The van der Waals surface area contributed by atoms with Crippen LogP contribution >= 0.6 is 0 Å². The van der Waals surface area contributed by atoms with Crippen LogP contribution in [-0.2, 0) is 0 Å². The van der Waals surface area contributed by atoms with Crippen LogP contribution in [0.5, 0.6) is 0 Å². The molecule has 0 aromatic heterocycles. The van der Waals surface area contributed by atoms with Crippen molar-refractivity contribution in [2.24, 2.45) is 0 Å². The molecule has 0 radical (unpaired) electrons. The summed E-state index contributed by atoms with van der Waals surface area (Å²) in [6.07, 6.45) is 0. The zero-order chi connectivity index (χ0) is 15.1. The van der Waals surface area contributed by atoms with E-state index in [0.717, 1.165) is 24.3 Å². The van der Waals surface area contributed by atoms with E-state index in [-0.39, 0.29) is 12.1 Å². The number of hydrogen-bond acceptors (Lipinski definition) is 2. The third kappa shape index (κ3) is 2.94. The second kappa shape index (κ2) is 4.95. The molecule has 2 saturated heterocycles. The molecule has 6 heteroatoms. The van der Waals surface area contributed by atoms with Gasteiger partial charge in [0.05, 0.1) is 0 Å². The van der Waals surface area contributed by atoms with Gasteiger partial charge in [-0.25, -0.2) is 9.59 Å². The van der Waals surface area contributed by atoms with Crippen LogP contribution in [0.25, 0.3) is 0 Å². The van der Waals surface area contributed by atoms with Gasteiger partial charge in [0.1, 0.15) is 0 Å². The van der Waals surface area contributed by atoms with Gasteiger partial charge >= 0.3 is 12.1 Å². The topological polar surface area (TPSA) is 64.2 Å². The van der Waals surface area contributed by atoms with Crippen molar-refractivity contribution in [3.63, 3.8) is 0 Å². The predicted octanol–water partition coefficient (Wildman–Crippen LogP) is 2.47.